The fourth-order valence-electron chi connectivity index (χ4n) is 2.62. The Kier molecular flexibility index (Phi) is 3.25. The number of piperidine rings is 1. The molecule has 1 aliphatic rings. The van der Waals surface area contributed by atoms with Gasteiger partial charge < -0.3 is 5.32 Å². The van der Waals surface area contributed by atoms with Crippen molar-refractivity contribution in [1.29, 1.82) is 0 Å². The van der Waals surface area contributed by atoms with E-state index in [9.17, 15) is 0 Å². The van der Waals surface area contributed by atoms with Crippen LogP contribution in [-0.2, 0) is 6.54 Å². The molecular weight excluding hydrogens is 226 g/mol. The van der Waals surface area contributed by atoms with Crippen molar-refractivity contribution in [2.45, 2.75) is 25.4 Å². The lowest BCUT2D eigenvalue weighted by Gasteiger charge is -2.31. The second-order valence-corrected chi connectivity index (χ2v) is 4.92. The third kappa shape index (κ3) is 2.37. The fraction of sp³-hybridized carbons (Fsp3) is 0.538. The fourth-order valence-corrected chi connectivity index (χ4v) is 2.62. The molecule has 5 heteroatoms. The van der Waals surface area contributed by atoms with Gasteiger partial charge in [-0.1, -0.05) is 0 Å². The zero-order chi connectivity index (χ0) is 12.4. The molecule has 2 aromatic rings. The summed E-state index contributed by atoms with van der Waals surface area (Å²) in [7, 11) is 2.04. The topological polar surface area (TPSA) is 45.5 Å². The normalized spacial score (nSPS) is 21.5. The van der Waals surface area contributed by atoms with Gasteiger partial charge in [0.15, 0.2) is 0 Å². The van der Waals surface area contributed by atoms with Gasteiger partial charge in [-0.3, -0.25) is 9.30 Å². The minimum Gasteiger partial charge on any atom is -0.316 e. The molecule has 3 heterocycles. The Morgan fingerprint density at radius 3 is 3.28 bits per heavy atom. The summed E-state index contributed by atoms with van der Waals surface area (Å²) in [6.07, 6.45) is 8.39. The number of hydrogen-bond donors (Lipinski definition) is 1. The van der Waals surface area contributed by atoms with E-state index < -0.39 is 0 Å². The summed E-state index contributed by atoms with van der Waals surface area (Å²) in [6, 6.07) is 2.55. The van der Waals surface area contributed by atoms with Crippen LogP contribution >= 0.6 is 0 Å². The van der Waals surface area contributed by atoms with Crippen molar-refractivity contribution in [2.75, 3.05) is 20.1 Å². The Hall–Kier alpha value is -1.46. The molecule has 0 amide bonds. The lowest BCUT2D eigenvalue weighted by Crippen LogP contribution is -2.43. The van der Waals surface area contributed by atoms with Crippen molar-refractivity contribution in [1.82, 2.24) is 24.6 Å². The first kappa shape index (κ1) is 11.6. The van der Waals surface area contributed by atoms with E-state index >= 15 is 0 Å². The summed E-state index contributed by atoms with van der Waals surface area (Å²) < 4.78 is 1.98. The molecule has 96 valence electrons. The molecule has 1 saturated heterocycles. The summed E-state index contributed by atoms with van der Waals surface area (Å²) in [4.78, 5) is 11.3. The van der Waals surface area contributed by atoms with Crippen LogP contribution < -0.4 is 5.32 Å². The van der Waals surface area contributed by atoms with Gasteiger partial charge in [0.1, 0.15) is 0 Å². The summed E-state index contributed by atoms with van der Waals surface area (Å²) in [6.45, 7) is 3.19. The molecule has 2 aromatic heterocycles. The van der Waals surface area contributed by atoms with E-state index in [0.29, 0.717) is 6.04 Å². The Labute approximate surface area is 107 Å². The van der Waals surface area contributed by atoms with Gasteiger partial charge >= 0.3 is 0 Å². The third-order valence-corrected chi connectivity index (χ3v) is 3.58. The maximum Gasteiger partial charge on any atom is 0.233 e. The van der Waals surface area contributed by atoms with Crippen LogP contribution in [0.3, 0.4) is 0 Å². The number of rotatable bonds is 3. The largest absolute Gasteiger partial charge is 0.316 e. The van der Waals surface area contributed by atoms with E-state index in [1.807, 2.05) is 23.7 Å². The number of aromatic nitrogens is 3. The molecule has 0 saturated carbocycles. The van der Waals surface area contributed by atoms with E-state index in [2.05, 4.69) is 26.4 Å². The van der Waals surface area contributed by atoms with E-state index in [0.717, 1.165) is 24.6 Å². The number of likely N-dealkylation sites (tertiary alicyclic amines) is 1. The molecule has 1 unspecified atom stereocenters. The van der Waals surface area contributed by atoms with Crippen LogP contribution in [0.4, 0.5) is 0 Å². The first-order valence-corrected chi connectivity index (χ1v) is 6.53. The average molecular weight is 245 g/mol. The molecule has 3 rings (SSSR count). The molecule has 18 heavy (non-hydrogen) atoms. The monoisotopic (exact) mass is 245 g/mol. The zero-order valence-electron chi connectivity index (χ0n) is 10.7. The molecule has 1 N–H and O–H groups in total. The van der Waals surface area contributed by atoms with Crippen molar-refractivity contribution in [3.05, 3.63) is 30.4 Å². The van der Waals surface area contributed by atoms with Crippen LogP contribution in [0.25, 0.3) is 5.78 Å². The number of hydrogen-bond acceptors (Lipinski definition) is 4. The van der Waals surface area contributed by atoms with E-state index in [1.165, 1.54) is 19.4 Å². The highest BCUT2D eigenvalue weighted by Crippen LogP contribution is 2.13. The average Bonchev–Trinajstić information content (AvgIpc) is 2.81. The Balaban J connectivity index is 1.71. The first-order valence-electron chi connectivity index (χ1n) is 6.53. The SMILES string of the molecule is CNC1CCCN(Cc2cn3cccnc3n2)C1. The lowest BCUT2D eigenvalue weighted by atomic mass is 10.1. The standard InChI is InChI=1S/C13H19N5/c1-14-11-4-2-6-17(8-11)9-12-10-18-7-3-5-15-13(18)16-12/h3,5,7,10-11,14H,2,4,6,8-9H2,1H3. The van der Waals surface area contributed by atoms with Gasteiger partial charge in [0.25, 0.3) is 0 Å². The molecule has 1 fully saturated rings. The molecule has 0 bridgehead atoms. The Morgan fingerprint density at radius 2 is 2.44 bits per heavy atom. The van der Waals surface area contributed by atoms with Crippen LogP contribution in [-0.4, -0.2) is 45.4 Å². The van der Waals surface area contributed by atoms with Crippen LogP contribution in [0.5, 0.6) is 0 Å². The summed E-state index contributed by atoms with van der Waals surface area (Å²) in [5, 5.41) is 3.37. The predicted octanol–water partition coefficient (Wildman–Crippen LogP) is 0.913. The number of nitrogens with zero attached hydrogens (tertiary/aromatic N) is 4. The molecular formula is C13H19N5. The first-order chi connectivity index (χ1) is 8.85. The van der Waals surface area contributed by atoms with Crippen LogP contribution in [0, 0.1) is 0 Å². The second-order valence-electron chi connectivity index (χ2n) is 4.92. The van der Waals surface area contributed by atoms with Crippen molar-refractivity contribution in [3.63, 3.8) is 0 Å². The van der Waals surface area contributed by atoms with Crippen molar-refractivity contribution < 1.29 is 0 Å². The van der Waals surface area contributed by atoms with E-state index in [-0.39, 0.29) is 0 Å². The van der Waals surface area contributed by atoms with Crippen LogP contribution in [0.15, 0.2) is 24.7 Å². The Morgan fingerprint density at radius 1 is 1.50 bits per heavy atom. The van der Waals surface area contributed by atoms with Gasteiger partial charge in [0.05, 0.1) is 5.69 Å². The highest BCUT2D eigenvalue weighted by Gasteiger charge is 2.19. The number of likely N-dealkylation sites (N-methyl/N-ethyl adjacent to an activating group) is 1. The highest BCUT2D eigenvalue weighted by atomic mass is 15.2. The molecule has 0 aromatic carbocycles. The van der Waals surface area contributed by atoms with E-state index in [4.69, 9.17) is 0 Å². The Bertz CT molecular complexity index is 488. The van der Waals surface area contributed by atoms with Gasteiger partial charge in [-0.15, -0.1) is 0 Å². The minimum absolute atomic E-state index is 0.619. The number of fused-ring (bicyclic) bond motifs is 1. The van der Waals surface area contributed by atoms with Gasteiger partial charge in [-0.05, 0) is 32.5 Å². The van der Waals surface area contributed by atoms with Crippen molar-refractivity contribution in [3.8, 4) is 0 Å². The summed E-state index contributed by atoms with van der Waals surface area (Å²) in [5.74, 6) is 0.787. The molecule has 1 atom stereocenters. The maximum absolute atomic E-state index is 4.55. The number of nitrogens with one attached hydrogen (secondary N) is 1. The van der Waals surface area contributed by atoms with Gasteiger partial charge in [0, 0.05) is 37.7 Å². The van der Waals surface area contributed by atoms with Crippen molar-refractivity contribution in [2.24, 2.45) is 0 Å². The minimum atomic E-state index is 0.619. The van der Waals surface area contributed by atoms with Crippen molar-refractivity contribution >= 4 is 5.78 Å². The quantitative estimate of drug-likeness (QED) is 0.873. The predicted molar refractivity (Wildman–Crippen MR) is 70.3 cm³/mol. The molecule has 0 radical (unpaired) electrons. The summed E-state index contributed by atoms with van der Waals surface area (Å²) in [5.41, 5.74) is 1.10. The molecule has 0 spiro atoms. The summed E-state index contributed by atoms with van der Waals surface area (Å²) >= 11 is 0. The van der Waals surface area contributed by atoms with E-state index in [1.54, 1.807) is 6.20 Å². The molecule has 5 nitrogen and oxygen atoms in total. The zero-order valence-corrected chi connectivity index (χ0v) is 10.7. The smallest absolute Gasteiger partial charge is 0.233 e. The third-order valence-electron chi connectivity index (χ3n) is 3.58. The molecule has 0 aliphatic carbocycles. The van der Waals surface area contributed by atoms with Gasteiger partial charge in [-0.2, -0.15) is 0 Å². The van der Waals surface area contributed by atoms with Gasteiger partial charge in [0.2, 0.25) is 5.78 Å². The maximum atomic E-state index is 4.55. The van der Waals surface area contributed by atoms with Crippen LogP contribution in [0.1, 0.15) is 18.5 Å². The van der Waals surface area contributed by atoms with Gasteiger partial charge in [-0.25, -0.2) is 9.97 Å². The highest BCUT2D eigenvalue weighted by molar-refractivity contribution is 5.29. The van der Waals surface area contributed by atoms with Crippen LogP contribution in [0.2, 0.25) is 0 Å². The molecule has 1 aliphatic heterocycles. The number of imidazole rings is 1. The lowest BCUT2D eigenvalue weighted by molar-refractivity contribution is 0.186. The second kappa shape index (κ2) is 5.04.